The number of carbonyl (C=O) groups excluding carboxylic acids is 1. The fourth-order valence-electron chi connectivity index (χ4n) is 6.75. The summed E-state index contributed by atoms with van der Waals surface area (Å²) in [6.45, 7) is 0. The number of fused-ring (bicyclic) bond motifs is 3. The van der Waals surface area contributed by atoms with Crippen molar-refractivity contribution < 1.29 is 15.2 Å². The van der Waals surface area contributed by atoms with Crippen molar-refractivity contribution in [1.29, 1.82) is 0 Å². The van der Waals surface area contributed by atoms with E-state index in [0.717, 1.165) is 35.2 Å². The first-order chi connectivity index (χ1) is 20.7. The van der Waals surface area contributed by atoms with E-state index in [0.29, 0.717) is 29.7 Å². The topological polar surface area (TPSA) is 169 Å². The monoisotopic (exact) mass is 578 g/mol. The summed E-state index contributed by atoms with van der Waals surface area (Å²) in [6, 6.07) is 17.1. The van der Waals surface area contributed by atoms with Crippen LogP contribution in [0.1, 0.15) is 47.7 Å². The van der Waals surface area contributed by atoms with Crippen LogP contribution in [0.3, 0.4) is 0 Å². The minimum absolute atomic E-state index is 0.0572. The lowest BCUT2D eigenvalue weighted by atomic mass is 9.86. The van der Waals surface area contributed by atoms with Crippen molar-refractivity contribution in [1.82, 2.24) is 34.3 Å². The predicted molar refractivity (Wildman–Crippen MR) is 161 cm³/mol. The van der Waals surface area contributed by atoms with E-state index >= 15 is 0 Å². The minimum Gasteiger partial charge on any atom is -0.383 e. The highest BCUT2D eigenvalue weighted by Crippen LogP contribution is 2.47. The van der Waals surface area contributed by atoms with Crippen LogP contribution in [0.4, 0.5) is 17.3 Å². The number of nitrogens with two attached hydrogens (primary N) is 2. The third-order valence-electron chi connectivity index (χ3n) is 8.67. The summed E-state index contributed by atoms with van der Waals surface area (Å²) in [7, 11) is 1.22. The van der Waals surface area contributed by atoms with Crippen LogP contribution >= 0.6 is 0 Å². The number of hydroxylamine groups is 2. The molecule has 0 saturated carbocycles. The molecule has 12 nitrogen and oxygen atoms in total. The molecule has 4 aromatic heterocycles. The molecule has 6 heterocycles. The van der Waals surface area contributed by atoms with Gasteiger partial charge in [-0.3, -0.25) is 9.78 Å². The van der Waals surface area contributed by atoms with Crippen LogP contribution in [-0.4, -0.2) is 64.9 Å². The zero-order valence-electron chi connectivity index (χ0n) is 23.6. The molecule has 2 fully saturated rings. The summed E-state index contributed by atoms with van der Waals surface area (Å²) in [4.78, 5) is 27.7. The summed E-state index contributed by atoms with van der Waals surface area (Å²) < 4.78 is 1.43. The fourth-order valence-corrected chi connectivity index (χ4v) is 6.75. The second-order valence-corrected chi connectivity index (χ2v) is 11.4. The minimum atomic E-state index is -1.49. The lowest BCUT2D eigenvalue weighted by Gasteiger charge is -2.39. The fraction of sp³-hybridized carbons (Fsp3) is 0.258. The first kappa shape index (κ1) is 27.0. The molecule has 218 valence electrons. The summed E-state index contributed by atoms with van der Waals surface area (Å²) in [5.41, 5.74) is 17.4. The second-order valence-electron chi connectivity index (χ2n) is 11.4. The number of rotatable bonds is 5. The molecule has 43 heavy (non-hydrogen) atoms. The Hall–Kier alpha value is -4.91. The summed E-state index contributed by atoms with van der Waals surface area (Å²) >= 11 is 0. The number of hydrogen-bond donors (Lipinski definition) is 4. The largest absolute Gasteiger partial charge is 0.383 e. The van der Waals surface area contributed by atoms with E-state index in [2.05, 4.69) is 15.1 Å². The Morgan fingerprint density at radius 1 is 0.930 bits per heavy atom. The van der Waals surface area contributed by atoms with E-state index < -0.39 is 4.81 Å². The SMILES string of the molecule is C[N+](O)(O)c1c(C2CC3CCC(C2)N3C(=O)c2cccnc2N)nc2c(-c3ccc(-c4ccccc4)nc3)cnn2c1N. The molecule has 6 N–H and O–H groups in total. The van der Waals surface area contributed by atoms with Crippen LogP contribution in [0.15, 0.2) is 73.2 Å². The molecule has 0 radical (unpaired) electrons. The smallest absolute Gasteiger partial charge is 0.262 e. The first-order valence-corrected chi connectivity index (χ1v) is 14.3. The van der Waals surface area contributed by atoms with Crippen molar-refractivity contribution in [3.8, 4) is 22.4 Å². The summed E-state index contributed by atoms with van der Waals surface area (Å²) in [6.07, 6.45) is 7.86. The summed E-state index contributed by atoms with van der Waals surface area (Å²) in [5, 5.41) is 26.1. The molecule has 2 atom stereocenters. The van der Waals surface area contributed by atoms with E-state index in [1.807, 2.05) is 47.4 Å². The molecular weight excluding hydrogens is 546 g/mol. The molecule has 1 amide bonds. The van der Waals surface area contributed by atoms with Gasteiger partial charge in [0.15, 0.2) is 11.5 Å². The third-order valence-corrected chi connectivity index (χ3v) is 8.67. The highest BCUT2D eigenvalue weighted by atomic mass is 16.8. The van der Waals surface area contributed by atoms with Crippen molar-refractivity contribution in [2.75, 3.05) is 18.5 Å². The summed E-state index contributed by atoms with van der Waals surface area (Å²) in [5.74, 6) is -0.00618. The maximum absolute atomic E-state index is 13.5. The average Bonchev–Trinajstić information content (AvgIpc) is 3.55. The maximum Gasteiger partial charge on any atom is 0.262 e. The molecule has 0 aliphatic carbocycles. The van der Waals surface area contributed by atoms with Crippen molar-refractivity contribution in [2.24, 2.45) is 0 Å². The Labute approximate surface area is 247 Å². The lowest BCUT2D eigenvalue weighted by molar-refractivity contribution is -0.272. The van der Waals surface area contributed by atoms with Gasteiger partial charge in [-0.2, -0.15) is 20.0 Å². The Kier molecular flexibility index (Phi) is 6.34. The average molecular weight is 579 g/mol. The number of quaternary nitrogens is 1. The third kappa shape index (κ3) is 4.56. The lowest BCUT2D eigenvalue weighted by Crippen LogP contribution is -2.47. The quantitative estimate of drug-likeness (QED) is 0.176. The van der Waals surface area contributed by atoms with Gasteiger partial charge < -0.3 is 16.4 Å². The van der Waals surface area contributed by atoms with E-state index in [1.165, 1.54) is 11.6 Å². The Morgan fingerprint density at radius 3 is 2.33 bits per heavy atom. The van der Waals surface area contributed by atoms with Gasteiger partial charge in [0.05, 0.1) is 17.5 Å². The molecule has 2 aliphatic heterocycles. The maximum atomic E-state index is 13.5. The number of nitrogen functional groups attached to an aromatic ring is 2. The Morgan fingerprint density at radius 2 is 1.67 bits per heavy atom. The van der Waals surface area contributed by atoms with Gasteiger partial charge in [-0.25, -0.2) is 9.97 Å². The van der Waals surface area contributed by atoms with Crippen molar-refractivity contribution >= 4 is 28.9 Å². The van der Waals surface area contributed by atoms with E-state index in [1.54, 1.807) is 30.7 Å². The van der Waals surface area contributed by atoms with Crippen LogP contribution in [0.25, 0.3) is 28.0 Å². The molecule has 1 aromatic carbocycles. The molecule has 5 aromatic rings. The molecule has 2 saturated heterocycles. The predicted octanol–water partition coefficient (Wildman–Crippen LogP) is 4.28. The van der Waals surface area contributed by atoms with Crippen LogP contribution < -0.4 is 16.3 Å². The number of aromatic nitrogens is 5. The molecule has 12 heteroatoms. The van der Waals surface area contributed by atoms with Crippen molar-refractivity contribution in [3.63, 3.8) is 0 Å². The number of nitrogens with zero attached hydrogens (tertiary/aromatic N) is 7. The van der Waals surface area contributed by atoms with Crippen LogP contribution in [-0.2, 0) is 0 Å². The molecule has 2 bridgehead atoms. The highest BCUT2D eigenvalue weighted by molar-refractivity contribution is 5.99. The number of anilines is 2. The van der Waals surface area contributed by atoms with Gasteiger partial charge in [-0.05, 0) is 48.7 Å². The van der Waals surface area contributed by atoms with Gasteiger partial charge in [0.1, 0.15) is 18.6 Å². The molecule has 2 unspecified atom stereocenters. The molecule has 0 spiro atoms. The van der Waals surface area contributed by atoms with Crippen molar-refractivity contribution in [2.45, 2.75) is 43.7 Å². The highest BCUT2D eigenvalue weighted by Gasteiger charge is 2.47. The zero-order chi connectivity index (χ0) is 29.9. The van der Waals surface area contributed by atoms with Crippen LogP contribution in [0.2, 0.25) is 0 Å². The number of pyridine rings is 2. The Balaban J connectivity index is 1.27. The number of benzene rings is 1. The van der Waals surface area contributed by atoms with Crippen molar-refractivity contribution in [3.05, 3.63) is 84.4 Å². The number of carbonyl (C=O) groups is 1. The van der Waals surface area contributed by atoms with Gasteiger partial charge in [0.2, 0.25) is 0 Å². The molecular formula is C31H32N9O3+. The van der Waals surface area contributed by atoms with Gasteiger partial charge in [-0.1, -0.05) is 36.4 Å². The van der Waals surface area contributed by atoms with Gasteiger partial charge in [0.25, 0.3) is 11.6 Å². The standard InChI is InChI=1S/C31H31N9O3/c1-40(42,43)27-26(20-14-21-10-11-22(15-20)38(21)31(41)23-8-5-13-34-28(23)32)37-30-24(17-36-39(30)29(27)33)19-9-12-25(35-16-19)18-6-3-2-4-7-18/h2-9,12-13,16-17,20-22,42-43H,10-11,14-15H2,1H3,(H3-,32,33,34,36,37,41)/p+1. The van der Waals surface area contributed by atoms with Gasteiger partial charge in [-0.15, -0.1) is 0 Å². The van der Waals surface area contributed by atoms with E-state index in [9.17, 15) is 15.2 Å². The van der Waals surface area contributed by atoms with Gasteiger partial charge >= 0.3 is 0 Å². The first-order valence-electron chi connectivity index (χ1n) is 14.3. The zero-order valence-corrected chi connectivity index (χ0v) is 23.6. The second kappa shape index (κ2) is 10.1. The normalized spacial score (nSPS) is 20.1. The number of amides is 1. The van der Waals surface area contributed by atoms with E-state index in [4.69, 9.17) is 16.5 Å². The van der Waals surface area contributed by atoms with E-state index in [-0.39, 0.29) is 41.2 Å². The van der Waals surface area contributed by atoms with Crippen LogP contribution in [0, 0.1) is 0 Å². The van der Waals surface area contributed by atoms with Crippen LogP contribution in [0.5, 0.6) is 0 Å². The Bertz CT molecular complexity index is 1820. The number of hydrogen-bond acceptors (Lipinski definition) is 9. The number of piperidine rings is 1. The molecule has 7 rings (SSSR count). The molecule has 2 aliphatic rings. The van der Waals surface area contributed by atoms with Gasteiger partial charge in [0, 0.05) is 47.1 Å².